The van der Waals surface area contributed by atoms with Gasteiger partial charge in [0.2, 0.25) is 0 Å². The molecule has 0 bridgehead atoms. The monoisotopic (exact) mass is 494 g/mol. The lowest BCUT2D eigenvalue weighted by Crippen LogP contribution is -2.60. The van der Waals surface area contributed by atoms with E-state index in [0.717, 1.165) is 5.56 Å². The van der Waals surface area contributed by atoms with Crippen LogP contribution in [0.4, 0.5) is 4.79 Å². The Morgan fingerprint density at radius 2 is 1.94 bits per heavy atom. The SMILES string of the molecule is CN[C@H]1[C@@H](O)[C@@H](CC2(C[C@H](NC(=O)OC(C)(C)C)C(=O)OC)CO2)OC[C@H]1OCc1ccccc1. The number of aliphatic hydroxyl groups is 1. The van der Waals surface area contributed by atoms with Crippen LogP contribution in [0, 0.1) is 0 Å². The van der Waals surface area contributed by atoms with Crippen LogP contribution >= 0.6 is 0 Å². The first-order valence-electron chi connectivity index (χ1n) is 11.9. The van der Waals surface area contributed by atoms with Gasteiger partial charge >= 0.3 is 12.1 Å². The highest BCUT2D eigenvalue weighted by molar-refractivity contribution is 5.81. The number of benzene rings is 1. The molecular formula is C25H38N2O8. The summed E-state index contributed by atoms with van der Waals surface area (Å²) >= 11 is 0. The highest BCUT2D eigenvalue weighted by Gasteiger charge is 2.52. The summed E-state index contributed by atoms with van der Waals surface area (Å²) in [7, 11) is 3.03. The maximum absolute atomic E-state index is 12.4. The zero-order chi connectivity index (χ0) is 25.6. The van der Waals surface area contributed by atoms with Gasteiger partial charge in [-0.3, -0.25) is 0 Å². The van der Waals surface area contributed by atoms with Gasteiger partial charge in [-0.25, -0.2) is 9.59 Å². The minimum absolute atomic E-state index is 0.170. The van der Waals surface area contributed by atoms with Crippen LogP contribution in [0.15, 0.2) is 30.3 Å². The Labute approximate surface area is 206 Å². The molecule has 2 saturated heterocycles. The van der Waals surface area contributed by atoms with Crippen molar-refractivity contribution in [3.63, 3.8) is 0 Å². The number of aliphatic hydroxyl groups excluding tert-OH is 1. The van der Waals surface area contributed by atoms with Crippen molar-refractivity contribution in [3.05, 3.63) is 35.9 Å². The van der Waals surface area contributed by atoms with Gasteiger partial charge in [0.1, 0.15) is 11.6 Å². The van der Waals surface area contributed by atoms with Gasteiger partial charge in [0.05, 0.1) is 56.9 Å². The van der Waals surface area contributed by atoms with E-state index in [1.54, 1.807) is 27.8 Å². The van der Waals surface area contributed by atoms with Crippen molar-refractivity contribution < 1.29 is 38.4 Å². The molecule has 3 rings (SSSR count). The Balaban J connectivity index is 1.59. The first-order chi connectivity index (χ1) is 16.6. The minimum Gasteiger partial charge on any atom is -0.467 e. The molecule has 3 N–H and O–H groups in total. The van der Waals surface area contributed by atoms with Crippen molar-refractivity contribution in [2.24, 2.45) is 0 Å². The molecule has 2 aliphatic heterocycles. The van der Waals surface area contributed by atoms with E-state index in [4.69, 9.17) is 23.7 Å². The number of nitrogens with one attached hydrogen (secondary N) is 2. The van der Waals surface area contributed by atoms with Gasteiger partial charge in [0.25, 0.3) is 0 Å². The summed E-state index contributed by atoms with van der Waals surface area (Å²) in [5.41, 5.74) is -0.397. The summed E-state index contributed by atoms with van der Waals surface area (Å²) in [6.45, 7) is 6.30. The summed E-state index contributed by atoms with van der Waals surface area (Å²) < 4.78 is 27.9. The van der Waals surface area contributed by atoms with Gasteiger partial charge in [-0.05, 0) is 33.4 Å². The van der Waals surface area contributed by atoms with Crippen molar-refractivity contribution in [2.45, 2.75) is 81.8 Å². The maximum atomic E-state index is 12.4. The molecule has 1 unspecified atom stereocenters. The number of rotatable bonds is 10. The quantitative estimate of drug-likeness (QED) is 0.328. The second-order valence-corrected chi connectivity index (χ2v) is 10.1. The largest absolute Gasteiger partial charge is 0.467 e. The third-order valence-corrected chi connectivity index (χ3v) is 6.14. The molecule has 2 aliphatic rings. The standard InChI is InChI=1S/C25H38N2O8/c1-24(2,3)35-23(30)27-17(22(29)31-5)11-25(15-34-25)12-18-21(28)20(26-4)19(14-33-18)32-13-16-9-7-6-8-10-16/h6-10,17-21,26,28H,11-15H2,1-5H3,(H,27,30)/t17-,18+,19+,20+,21-,25?/m0/s1. The number of amides is 1. The second kappa shape index (κ2) is 11.7. The van der Waals surface area contributed by atoms with Crippen molar-refractivity contribution in [1.82, 2.24) is 10.6 Å². The van der Waals surface area contributed by atoms with E-state index >= 15 is 0 Å². The fraction of sp³-hybridized carbons (Fsp3) is 0.680. The van der Waals surface area contributed by atoms with Gasteiger partial charge in [0.15, 0.2) is 0 Å². The molecule has 0 aromatic heterocycles. The molecule has 6 atom stereocenters. The molecule has 35 heavy (non-hydrogen) atoms. The Morgan fingerprint density at radius 3 is 2.51 bits per heavy atom. The lowest BCUT2D eigenvalue weighted by Gasteiger charge is -2.41. The number of hydrogen-bond donors (Lipinski definition) is 3. The van der Waals surface area contributed by atoms with Crippen LogP contribution in [0.5, 0.6) is 0 Å². The fourth-order valence-electron chi connectivity index (χ4n) is 4.28. The number of esters is 1. The number of carbonyl (C=O) groups excluding carboxylic acids is 2. The molecule has 10 nitrogen and oxygen atoms in total. The topological polar surface area (TPSA) is 128 Å². The van der Waals surface area contributed by atoms with E-state index in [1.807, 2.05) is 30.3 Å². The number of epoxide rings is 1. The van der Waals surface area contributed by atoms with Crippen LogP contribution in [0.2, 0.25) is 0 Å². The Kier molecular flexibility index (Phi) is 9.11. The van der Waals surface area contributed by atoms with Gasteiger partial charge in [-0.2, -0.15) is 0 Å². The Hall–Kier alpha value is -2.24. The van der Waals surface area contributed by atoms with Gasteiger partial charge in [-0.15, -0.1) is 0 Å². The van der Waals surface area contributed by atoms with Crippen molar-refractivity contribution >= 4 is 12.1 Å². The molecule has 1 amide bonds. The molecule has 196 valence electrons. The molecule has 1 aromatic rings. The van der Waals surface area contributed by atoms with Gasteiger partial charge in [0, 0.05) is 12.8 Å². The van der Waals surface area contributed by atoms with E-state index < -0.39 is 41.5 Å². The Bertz CT molecular complexity index is 840. The Morgan fingerprint density at radius 1 is 1.26 bits per heavy atom. The van der Waals surface area contributed by atoms with Crippen molar-refractivity contribution in [2.75, 3.05) is 27.4 Å². The van der Waals surface area contributed by atoms with Crippen LogP contribution in [0.1, 0.15) is 39.2 Å². The highest BCUT2D eigenvalue weighted by atomic mass is 16.6. The number of ether oxygens (including phenoxy) is 5. The molecule has 0 aliphatic carbocycles. The molecule has 1 aromatic carbocycles. The lowest BCUT2D eigenvalue weighted by molar-refractivity contribution is -0.167. The molecule has 2 fully saturated rings. The summed E-state index contributed by atoms with van der Waals surface area (Å²) in [6, 6.07) is 8.50. The average Bonchev–Trinajstić information content (AvgIpc) is 3.56. The first kappa shape index (κ1) is 27.3. The first-order valence-corrected chi connectivity index (χ1v) is 11.9. The molecular weight excluding hydrogens is 456 g/mol. The summed E-state index contributed by atoms with van der Waals surface area (Å²) in [6.07, 6.45) is -1.92. The average molecular weight is 495 g/mol. The molecule has 0 spiro atoms. The predicted octanol–water partition coefficient (Wildman–Crippen LogP) is 1.54. The lowest BCUT2D eigenvalue weighted by atomic mass is 9.87. The van der Waals surface area contributed by atoms with Crippen LogP contribution in [0.3, 0.4) is 0 Å². The smallest absolute Gasteiger partial charge is 0.408 e. The predicted molar refractivity (Wildman–Crippen MR) is 127 cm³/mol. The van der Waals surface area contributed by atoms with Crippen LogP contribution < -0.4 is 10.6 Å². The zero-order valence-electron chi connectivity index (χ0n) is 21.1. The van der Waals surface area contributed by atoms with Gasteiger partial charge in [-0.1, -0.05) is 30.3 Å². The van der Waals surface area contributed by atoms with E-state index in [2.05, 4.69) is 10.6 Å². The zero-order valence-corrected chi connectivity index (χ0v) is 21.1. The molecule has 10 heteroatoms. The second-order valence-electron chi connectivity index (χ2n) is 10.1. The third kappa shape index (κ3) is 7.88. The summed E-state index contributed by atoms with van der Waals surface area (Å²) in [4.78, 5) is 24.6. The van der Waals surface area contributed by atoms with Crippen molar-refractivity contribution in [1.29, 1.82) is 0 Å². The number of methoxy groups -OCH3 is 1. The van der Waals surface area contributed by atoms with Gasteiger partial charge < -0.3 is 39.4 Å². The van der Waals surface area contributed by atoms with Crippen LogP contribution in [0.25, 0.3) is 0 Å². The number of likely N-dealkylation sites (N-methyl/N-ethyl adjacent to an activating group) is 1. The maximum Gasteiger partial charge on any atom is 0.408 e. The van der Waals surface area contributed by atoms with E-state index in [-0.39, 0.29) is 18.6 Å². The normalized spacial score (nSPS) is 29.2. The molecule has 0 saturated carbocycles. The highest BCUT2D eigenvalue weighted by Crippen LogP contribution is 2.40. The minimum atomic E-state index is -0.958. The van der Waals surface area contributed by atoms with E-state index in [0.29, 0.717) is 26.2 Å². The molecule has 0 radical (unpaired) electrons. The molecule has 2 heterocycles. The summed E-state index contributed by atoms with van der Waals surface area (Å²) in [5, 5.41) is 16.8. The van der Waals surface area contributed by atoms with E-state index in [1.165, 1.54) is 7.11 Å². The fourth-order valence-corrected chi connectivity index (χ4v) is 4.28. The van der Waals surface area contributed by atoms with Crippen LogP contribution in [-0.2, 0) is 35.1 Å². The number of hydrogen-bond acceptors (Lipinski definition) is 9. The number of carbonyl (C=O) groups is 2. The van der Waals surface area contributed by atoms with Crippen LogP contribution in [-0.4, -0.2) is 86.1 Å². The number of alkyl carbamates (subject to hydrolysis) is 1. The van der Waals surface area contributed by atoms with E-state index in [9.17, 15) is 14.7 Å². The van der Waals surface area contributed by atoms with Crippen molar-refractivity contribution in [3.8, 4) is 0 Å². The third-order valence-electron chi connectivity index (χ3n) is 6.14. The summed E-state index contributed by atoms with van der Waals surface area (Å²) in [5.74, 6) is -0.599.